The maximum Gasteiger partial charge on any atom is 0.325 e. The largest absolute Gasteiger partial charge is 0.468 e. The first-order valence-corrected chi connectivity index (χ1v) is 7.10. The molecule has 0 unspecified atom stereocenters. The van der Waals surface area contributed by atoms with E-state index in [1.807, 2.05) is 6.92 Å². The molecule has 20 heavy (non-hydrogen) atoms. The monoisotopic (exact) mass is 286 g/mol. The minimum atomic E-state index is -0.391. The molecule has 0 aliphatic rings. The van der Waals surface area contributed by atoms with Crippen molar-refractivity contribution >= 4 is 17.8 Å². The van der Waals surface area contributed by atoms with Crippen LogP contribution in [0.2, 0.25) is 0 Å². The Morgan fingerprint density at radius 1 is 1.15 bits per heavy atom. The molecule has 0 bridgehead atoms. The van der Waals surface area contributed by atoms with E-state index in [1.165, 1.54) is 14.0 Å². The molecule has 0 aliphatic carbocycles. The number of rotatable bonds is 10. The molecule has 0 fully saturated rings. The third-order valence-electron chi connectivity index (χ3n) is 2.84. The molecule has 0 radical (unpaired) electrons. The normalized spacial score (nSPS) is 9.95. The van der Waals surface area contributed by atoms with Gasteiger partial charge < -0.3 is 15.0 Å². The molecule has 6 nitrogen and oxygen atoms in total. The highest BCUT2D eigenvalue weighted by molar-refractivity contribution is 5.82. The van der Waals surface area contributed by atoms with Gasteiger partial charge >= 0.3 is 5.97 Å². The van der Waals surface area contributed by atoms with Crippen LogP contribution < -0.4 is 5.32 Å². The summed E-state index contributed by atoms with van der Waals surface area (Å²) in [6, 6.07) is 0. The van der Waals surface area contributed by atoms with Crippen LogP contribution in [0.4, 0.5) is 0 Å². The van der Waals surface area contributed by atoms with E-state index in [1.54, 1.807) is 4.90 Å². The maximum atomic E-state index is 12.0. The van der Waals surface area contributed by atoms with Crippen molar-refractivity contribution in [3.05, 3.63) is 0 Å². The number of hydrogen-bond donors (Lipinski definition) is 1. The number of esters is 1. The Bertz CT molecular complexity index is 318. The van der Waals surface area contributed by atoms with Crippen LogP contribution >= 0.6 is 0 Å². The van der Waals surface area contributed by atoms with E-state index in [9.17, 15) is 14.4 Å². The average molecular weight is 286 g/mol. The third-order valence-corrected chi connectivity index (χ3v) is 2.84. The molecular formula is C14H26N2O4. The second kappa shape index (κ2) is 11.3. The molecule has 0 aromatic rings. The molecule has 6 heteroatoms. The fraction of sp³-hybridized carbons (Fsp3) is 0.786. The highest BCUT2D eigenvalue weighted by atomic mass is 16.5. The Morgan fingerprint density at radius 3 is 2.40 bits per heavy atom. The second-order valence-corrected chi connectivity index (χ2v) is 4.69. The van der Waals surface area contributed by atoms with Gasteiger partial charge in [0.25, 0.3) is 0 Å². The number of nitrogens with one attached hydrogen (secondary N) is 1. The minimum Gasteiger partial charge on any atom is -0.468 e. The number of amides is 2. The van der Waals surface area contributed by atoms with E-state index in [-0.39, 0.29) is 18.4 Å². The molecule has 0 saturated heterocycles. The zero-order valence-electron chi connectivity index (χ0n) is 12.7. The summed E-state index contributed by atoms with van der Waals surface area (Å²) in [4.78, 5) is 35.4. The van der Waals surface area contributed by atoms with Gasteiger partial charge in [-0.15, -0.1) is 0 Å². The summed E-state index contributed by atoms with van der Waals surface area (Å²) in [6.45, 7) is 4.68. The molecule has 0 saturated carbocycles. The number of carbonyl (C=O) groups excluding carboxylic acids is 3. The van der Waals surface area contributed by atoms with Crippen molar-refractivity contribution in [1.82, 2.24) is 10.2 Å². The van der Waals surface area contributed by atoms with Gasteiger partial charge in [0, 0.05) is 26.4 Å². The Labute approximate surface area is 120 Å². The predicted octanol–water partition coefficient (Wildman–Crippen LogP) is 1.09. The first kappa shape index (κ1) is 18.4. The van der Waals surface area contributed by atoms with Gasteiger partial charge in [-0.25, -0.2) is 0 Å². The van der Waals surface area contributed by atoms with E-state index in [0.29, 0.717) is 19.5 Å². The Balaban J connectivity index is 3.89. The van der Waals surface area contributed by atoms with Crippen LogP contribution in [0.1, 0.15) is 46.0 Å². The van der Waals surface area contributed by atoms with Crippen LogP contribution in [-0.2, 0) is 19.1 Å². The van der Waals surface area contributed by atoms with Gasteiger partial charge in [0.15, 0.2) is 0 Å². The fourth-order valence-electron chi connectivity index (χ4n) is 1.78. The van der Waals surface area contributed by atoms with Crippen LogP contribution in [0.15, 0.2) is 0 Å². The molecule has 0 spiro atoms. The number of nitrogens with zero attached hydrogens (tertiary/aromatic N) is 1. The molecule has 116 valence electrons. The van der Waals surface area contributed by atoms with Crippen molar-refractivity contribution in [3.8, 4) is 0 Å². The number of methoxy groups -OCH3 is 1. The van der Waals surface area contributed by atoms with Crippen LogP contribution in [0.3, 0.4) is 0 Å². The molecule has 0 aromatic carbocycles. The third kappa shape index (κ3) is 9.35. The van der Waals surface area contributed by atoms with Crippen LogP contribution in [0.25, 0.3) is 0 Å². The lowest BCUT2D eigenvalue weighted by Crippen LogP contribution is -2.36. The summed E-state index contributed by atoms with van der Waals surface area (Å²) in [5.41, 5.74) is 0. The second-order valence-electron chi connectivity index (χ2n) is 4.69. The van der Waals surface area contributed by atoms with Crippen molar-refractivity contribution in [2.75, 3.05) is 26.7 Å². The van der Waals surface area contributed by atoms with Crippen molar-refractivity contribution < 1.29 is 19.1 Å². The van der Waals surface area contributed by atoms with Gasteiger partial charge in [0.05, 0.1) is 7.11 Å². The lowest BCUT2D eigenvalue weighted by atomic mass is 10.1. The van der Waals surface area contributed by atoms with Crippen LogP contribution in [0.5, 0.6) is 0 Å². The molecular weight excluding hydrogens is 260 g/mol. The van der Waals surface area contributed by atoms with E-state index in [0.717, 1.165) is 25.7 Å². The van der Waals surface area contributed by atoms with Crippen LogP contribution in [-0.4, -0.2) is 49.4 Å². The van der Waals surface area contributed by atoms with Crippen molar-refractivity contribution in [2.24, 2.45) is 0 Å². The average Bonchev–Trinajstić information content (AvgIpc) is 2.41. The first-order valence-electron chi connectivity index (χ1n) is 7.10. The van der Waals surface area contributed by atoms with Gasteiger partial charge in [-0.2, -0.15) is 0 Å². The number of unbranched alkanes of at least 4 members (excludes halogenated alkanes) is 2. The molecule has 0 heterocycles. The van der Waals surface area contributed by atoms with Crippen LogP contribution in [0, 0.1) is 0 Å². The standard InChI is InChI=1S/C14H26N2O4/c1-4-10-16(11-14(19)20-3)13(18)8-6-5-7-9-15-12(2)17/h4-11H2,1-3H3,(H,15,17). The summed E-state index contributed by atoms with van der Waals surface area (Å²) < 4.78 is 4.58. The smallest absolute Gasteiger partial charge is 0.325 e. The number of carbonyl (C=O) groups is 3. The summed E-state index contributed by atoms with van der Waals surface area (Å²) in [5, 5.41) is 2.71. The van der Waals surface area contributed by atoms with E-state index < -0.39 is 5.97 Å². The lowest BCUT2D eigenvalue weighted by molar-refractivity contribution is -0.147. The lowest BCUT2D eigenvalue weighted by Gasteiger charge is -2.20. The molecule has 1 N–H and O–H groups in total. The SMILES string of the molecule is CCCN(CC(=O)OC)C(=O)CCCCCNC(C)=O. The molecule has 0 rings (SSSR count). The van der Waals surface area contributed by atoms with Gasteiger partial charge in [0.1, 0.15) is 6.54 Å². The zero-order chi connectivity index (χ0) is 15.4. The highest BCUT2D eigenvalue weighted by Gasteiger charge is 2.16. The molecule has 2 amide bonds. The quantitative estimate of drug-likeness (QED) is 0.482. The van der Waals surface area contributed by atoms with Gasteiger partial charge in [-0.1, -0.05) is 13.3 Å². The van der Waals surface area contributed by atoms with Crippen molar-refractivity contribution in [2.45, 2.75) is 46.0 Å². The zero-order valence-corrected chi connectivity index (χ0v) is 12.7. The molecule has 0 atom stereocenters. The van der Waals surface area contributed by atoms with E-state index in [4.69, 9.17) is 0 Å². The fourth-order valence-corrected chi connectivity index (χ4v) is 1.78. The van der Waals surface area contributed by atoms with E-state index in [2.05, 4.69) is 10.1 Å². The Kier molecular flexibility index (Phi) is 10.4. The summed E-state index contributed by atoms with van der Waals surface area (Å²) >= 11 is 0. The van der Waals surface area contributed by atoms with E-state index >= 15 is 0 Å². The van der Waals surface area contributed by atoms with Crippen molar-refractivity contribution in [1.29, 1.82) is 0 Å². The number of ether oxygens (including phenoxy) is 1. The minimum absolute atomic E-state index is 0.0169. The van der Waals surface area contributed by atoms with Crippen molar-refractivity contribution in [3.63, 3.8) is 0 Å². The Hall–Kier alpha value is -1.59. The maximum absolute atomic E-state index is 12.0. The number of hydrogen-bond acceptors (Lipinski definition) is 4. The predicted molar refractivity (Wildman–Crippen MR) is 76.0 cm³/mol. The Morgan fingerprint density at radius 2 is 1.85 bits per heavy atom. The van der Waals surface area contributed by atoms with Gasteiger partial charge in [0.2, 0.25) is 11.8 Å². The van der Waals surface area contributed by atoms with Gasteiger partial charge in [-0.3, -0.25) is 14.4 Å². The molecule has 0 aliphatic heterocycles. The molecule has 0 aromatic heterocycles. The summed E-state index contributed by atoms with van der Waals surface area (Å²) in [6.07, 6.45) is 3.74. The summed E-state index contributed by atoms with van der Waals surface area (Å²) in [5.74, 6) is -0.442. The van der Waals surface area contributed by atoms with Gasteiger partial charge in [-0.05, 0) is 19.3 Å². The highest BCUT2D eigenvalue weighted by Crippen LogP contribution is 2.04. The topological polar surface area (TPSA) is 75.7 Å². The summed E-state index contributed by atoms with van der Waals surface area (Å²) in [7, 11) is 1.32. The first-order chi connectivity index (χ1) is 9.51.